The van der Waals surface area contributed by atoms with E-state index in [1.165, 1.54) is 61.2 Å². The number of aliphatic imine (C=N–C) groups is 2. The summed E-state index contributed by atoms with van der Waals surface area (Å²) >= 11 is 0. The Labute approximate surface area is 293 Å². The van der Waals surface area contributed by atoms with Crippen LogP contribution in [0.2, 0.25) is 0 Å². The molecule has 9 rings (SSSR count). The fourth-order valence-electron chi connectivity index (χ4n) is 8.11. The SMILES string of the molecule is C=NC(=NC1=C(Cc2ccccc2)C2(c3ccccc31)c1ccccc1-c1ccc(-c3ccc(-c4ccccc4)cc3)cc12)c1ccccc1. The molecule has 0 saturated heterocycles. The minimum atomic E-state index is -0.542. The number of allylic oxidation sites excluding steroid dienone is 1. The summed E-state index contributed by atoms with van der Waals surface area (Å²) in [6, 6.07) is 65.3. The predicted molar refractivity (Wildman–Crippen MR) is 209 cm³/mol. The summed E-state index contributed by atoms with van der Waals surface area (Å²) in [6.07, 6.45) is 0.733. The molecule has 0 heterocycles. The zero-order valence-electron chi connectivity index (χ0n) is 27.6. The van der Waals surface area contributed by atoms with Crippen molar-refractivity contribution in [1.29, 1.82) is 0 Å². The molecule has 2 nitrogen and oxygen atoms in total. The first-order valence-electron chi connectivity index (χ1n) is 17.1. The average Bonchev–Trinajstić information content (AvgIpc) is 3.64. The van der Waals surface area contributed by atoms with E-state index in [-0.39, 0.29) is 0 Å². The zero-order valence-corrected chi connectivity index (χ0v) is 27.6. The molecule has 1 spiro atoms. The number of hydrogen-bond donors (Lipinski definition) is 0. The molecule has 0 radical (unpaired) electrons. The Kier molecular flexibility index (Phi) is 7.29. The van der Waals surface area contributed by atoms with E-state index in [0.29, 0.717) is 5.84 Å². The largest absolute Gasteiger partial charge is 0.245 e. The average molecular weight is 639 g/mol. The molecule has 7 aromatic carbocycles. The lowest BCUT2D eigenvalue weighted by Gasteiger charge is -2.33. The van der Waals surface area contributed by atoms with Gasteiger partial charge in [-0.2, -0.15) is 0 Å². The smallest absolute Gasteiger partial charge is 0.159 e. The fraction of sp³-hybridized carbons (Fsp3) is 0.0417. The molecule has 7 aromatic rings. The molecule has 0 N–H and O–H groups in total. The highest BCUT2D eigenvalue weighted by Gasteiger charge is 2.53. The van der Waals surface area contributed by atoms with Crippen LogP contribution in [0.15, 0.2) is 198 Å². The van der Waals surface area contributed by atoms with Crippen LogP contribution in [-0.2, 0) is 11.8 Å². The van der Waals surface area contributed by atoms with E-state index >= 15 is 0 Å². The molecule has 1 atom stereocenters. The first-order valence-corrected chi connectivity index (χ1v) is 17.1. The Balaban J connectivity index is 1.31. The van der Waals surface area contributed by atoms with Crippen molar-refractivity contribution < 1.29 is 0 Å². The van der Waals surface area contributed by atoms with Gasteiger partial charge in [-0.3, -0.25) is 0 Å². The highest BCUT2D eigenvalue weighted by molar-refractivity contribution is 6.06. The molecule has 2 aliphatic rings. The first kappa shape index (κ1) is 29.7. The van der Waals surface area contributed by atoms with Crippen LogP contribution in [0, 0.1) is 0 Å². The molecule has 236 valence electrons. The molecule has 0 fully saturated rings. The third kappa shape index (κ3) is 4.72. The Hall–Kier alpha value is -6.38. The van der Waals surface area contributed by atoms with E-state index in [4.69, 9.17) is 4.99 Å². The van der Waals surface area contributed by atoms with Crippen molar-refractivity contribution in [1.82, 2.24) is 0 Å². The van der Waals surface area contributed by atoms with Gasteiger partial charge in [-0.15, -0.1) is 0 Å². The van der Waals surface area contributed by atoms with E-state index in [0.717, 1.165) is 23.2 Å². The second-order valence-electron chi connectivity index (χ2n) is 13.0. The minimum Gasteiger partial charge on any atom is -0.245 e. The van der Waals surface area contributed by atoms with Gasteiger partial charge >= 0.3 is 0 Å². The lowest BCUT2D eigenvalue weighted by Crippen LogP contribution is -2.28. The summed E-state index contributed by atoms with van der Waals surface area (Å²) in [4.78, 5) is 9.92. The molecule has 0 aliphatic heterocycles. The van der Waals surface area contributed by atoms with Crippen molar-refractivity contribution in [3.8, 4) is 33.4 Å². The molecule has 0 aromatic heterocycles. The van der Waals surface area contributed by atoms with Crippen LogP contribution in [0.1, 0.15) is 33.4 Å². The summed E-state index contributed by atoms with van der Waals surface area (Å²) in [7, 11) is 0. The van der Waals surface area contributed by atoms with Gasteiger partial charge in [-0.05, 0) is 80.4 Å². The third-order valence-electron chi connectivity index (χ3n) is 10.3. The van der Waals surface area contributed by atoms with Crippen LogP contribution < -0.4 is 0 Å². The van der Waals surface area contributed by atoms with Crippen LogP contribution in [0.3, 0.4) is 0 Å². The van der Waals surface area contributed by atoms with Crippen molar-refractivity contribution in [3.05, 3.63) is 221 Å². The number of rotatable bonds is 6. The zero-order chi connectivity index (χ0) is 33.5. The van der Waals surface area contributed by atoms with E-state index in [9.17, 15) is 0 Å². The molecular weight excluding hydrogens is 605 g/mol. The van der Waals surface area contributed by atoms with E-state index in [1.807, 2.05) is 18.2 Å². The van der Waals surface area contributed by atoms with Crippen molar-refractivity contribution in [2.24, 2.45) is 9.98 Å². The van der Waals surface area contributed by atoms with Crippen molar-refractivity contribution in [3.63, 3.8) is 0 Å². The number of nitrogens with zero attached hydrogens (tertiary/aromatic N) is 2. The van der Waals surface area contributed by atoms with Crippen LogP contribution in [-0.4, -0.2) is 12.6 Å². The maximum absolute atomic E-state index is 5.43. The quantitative estimate of drug-likeness (QED) is 0.128. The maximum Gasteiger partial charge on any atom is 0.159 e. The van der Waals surface area contributed by atoms with Gasteiger partial charge < -0.3 is 0 Å². The monoisotopic (exact) mass is 638 g/mol. The third-order valence-corrected chi connectivity index (χ3v) is 10.3. The Morgan fingerprint density at radius 1 is 0.460 bits per heavy atom. The maximum atomic E-state index is 5.43. The fourth-order valence-corrected chi connectivity index (χ4v) is 8.11. The van der Waals surface area contributed by atoms with Crippen molar-refractivity contribution >= 4 is 18.3 Å². The topological polar surface area (TPSA) is 24.7 Å². The summed E-state index contributed by atoms with van der Waals surface area (Å²) in [5.74, 6) is 0.622. The number of benzene rings is 7. The van der Waals surface area contributed by atoms with Crippen molar-refractivity contribution in [2.45, 2.75) is 11.8 Å². The molecule has 0 bridgehead atoms. The standard InChI is InChI=1S/C48H34N2/c1-49-47(37-19-9-4-10-20-37)50-46-41-22-12-14-24-43(41)48(45(46)31-33-15-5-2-6-16-33)42-23-13-11-21-39(42)40-30-29-38(32-44(40)48)36-27-25-35(26-28-36)34-17-7-3-8-18-34/h2-30,32H,1,31H2. The first-order chi connectivity index (χ1) is 24.8. The molecule has 2 aliphatic carbocycles. The number of hydrogen-bond acceptors (Lipinski definition) is 1. The van der Waals surface area contributed by atoms with Crippen LogP contribution in [0.4, 0.5) is 0 Å². The van der Waals surface area contributed by atoms with E-state index in [2.05, 4.69) is 176 Å². The predicted octanol–water partition coefficient (Wildman–Crippen LogP) is 11.5. The van der Waals surface area contributed by atoms with Gasteiger partial charge in [0.15, 0.2) is 5.84 Å². The Bertz CT molecular complexity index is 2440. The molecule has 0 saturated carbocycles. The van der Waals surface area contributed by atoms with Gasteiger partial charge in [-0.1, -0.05) is 176 Å². The van der Waals surface area contributed by atoms with E-state index < -0.39 is 5.41 Å². The highest BCUT2D eigenvalue weighted by atomic mass is 14.9. The molecular formula is C48H34N2. The molecule has 2 heteroatoms. The van der Waals surface area contributed by atoms with Gasteiger partial charge in [0.25, 0.3) is 0 Å². The summed E-state index contributed by atoms with van der Waals surface area (Å²) < 4.78 is 0. The second kappa shape index (κ2) is 12.3. The summed E-state index contributed by atoms with van der Waals surface area (Å²) in [6.45, 7) is 3.97. The number of fused-ring (bicyclic) bond motifs is 7. The number of amidine groups is 1. The lowest BCUT2D eigenvalue weighted by molar-refractivity contribution is 0.740. The normalized spacial score (nSPS) is 15.9. The Morgan fingerprint density at radius 3 is 1.64 bits per heavy atom. The highest BCUT2D eigenvalue weighted by Crippen LogP contribution is 2.63. The summed E-state index contributed by atoms with van der Waals surface area (Å²) in [5.41, 5.74) is 16.2. The molecule has 1 unspecified atom stereocenters. The van der Waals surface area contributed by atoms with Gasteiger partial charge in [0.05, 0.1) is 11.1 Å². The van der Waals surface area contributed by atoms with Crippen LogP contribution in [0.25, 0.3) is 39.1 Å². The van der Waals surface area contributed by atoms with Crippen LogP contribution >= 0.6 is 0 Å². The summed E-state index contributed by atoms with van der Waals surface area (Å²) in [5, 5.41) is 0. The molecule has 50 heavy (non-hydrogen) atoms. The van der Waals surface area contributed by atoms with Gasteiger partial charge in [-0.25, -0.2) is 9.98 Å². The van der Waals surface area contributed by atoms with Crippen LogP contribution in [0.5, 0.6) is 0 Å². The van der Waals surface area contributed by atoms with Gasteiger partial charge in [0.2, 0.25) is 0 Å². The molecule has 0 amide bonds. The Morgan fingerprint density at radius 2 is 0.960 bits per heavy atom. The van der Waals surface area contributed by atoms with Crippen molar-refractivity contribution in [2.75, 3.05) is 0 Å². The van der Waals surface area contributed by atoms with E-state index in [1.54, 1.807) is 0 Å². The van der Waals surface area contributed by atoms with Gasteiger partial charge in [0.1, 0.15) is 0 Å². The van der Waals surface area contributed by atoms with Gasteiger partial charge in [0, 0.05) is 11.1 Å². The minimum absolute atomic E-state index is 0.542. The lowest BCUT2D eigenvalue weighted by atomic mass is 9.68. The second-order valence-corrected chi connectivity index (χ2v) is 13.0.